The molecule has 2 atom stereocenters. The van der Waals surface area contributed by atoms with Crippen molar-refractivity contribution in [3.63, 3.8) is 0 Å². The van der Waals surface area contributed by atoms with E-state index in [2.05, 4.69) is 163 Å². The lowest BCUT2D eigenvalue weighted by atomic mass is 9.49. The summed E-state index contributed by atoms with van der Waals surface area (Å²) in [6.45, 7) is 2.43. The highest BCUT2D eigenvalue weighted by atomic mass is 15.1. The average molecular weight is 752 g/mol. The Hall–Kier alpha value is -5.40. The Morgan fingerprint density at radius 1 is 0.517 bits per heavy atom. The zero-order valence-corrected chi connectivity index (χ0v) is 33.9. The van der Waals surface area contributed by atoms with Crippen molar-refractivity contribution in [3.05, 3.63) is 174 Å². The first-order valence-corrected chi connectivity index (χ1v) is 22.5. The van der Waals surface area contributed by atoms with Crippen LogP contribution in [-0.4, -0.2) is 0 Å². The average Bonchev–Trinajstić information content (AvgIpc) is 3.71. The summed E-state index contributed by atoms with van der Waals surface area (Å²) in [7, 11) is 0. The Kier molecular flexibility index (Phi) is 7.95. The molecule has 5 aliphatic carbocycles. The van der Waals surface area contributed by atoms with Gasteiger partial charge in [-0.25, -0.2) is 0 Å². The molecule has 0 heterocycles. The minimum atomic E-state index is 0.0920. The summed E-state index contributed by atoms with van der Waals surface area (Å²) in [6.07, 6.45) is 14.5. The third-order valence-corrected chi connectivity index (χ3v) is 16.0. The summed E-state index contributed by atoms with van der Waals surface area (Å²) < 4.78 is 0. The van der Waals surface area contributed by atoms with E-state index in [0.717, 1.165) is 5.92 Å². The number of hydrogen-bond acceptors (Lipinski definition) is 1. The van der Waals surface area contributed by atoms with Crippen molar-refractivity contribution >= 4 is 27.8 Å². The van der Waals surface area contributed by atoms with Crippen LogP contribution in [0.15, 0.2) is 152 Å². The van der Waals surface area contributed by atoms with Gasteiger partial charge < -0.3 is 4.90 Å². The van der Waals surface area contributed by atoms with Gasteiger partial charge in [-0.05, 0) is 147 Å². The zero-order valence-electron chi connectivity index (χ0n) is 33.9. The van der Waals surface area contributed by atoms with Gasteiger partial charge in [-0.1, -0.05) is 160 Å². The number of nitrogens with zero attached hydrogens (tertiary/aromatic N) is 1. The van der Waals surface area contributed by atoms with Crippen LogP contribution < -0.4 is 4.90 Å². The number of benzene rings is 7. The molecular formula is C57H53N. The van der Waals surface area contributed by atoms with Crippen molar-refractivity contribution in [1.29, 1.82) is 0 Å². The molecule has 0 aliphatic heterocycles. The van der Waals surface area contributed by atoms with Crippen LogP contribution in [0.2, 0.25) is 0 Å². The topological polar surface area (TPSA) is 3.24 Å². The van der Waals surface area contributed by atoms with Crippen LogP contribution in [0.25, 0.3) is 44.2 Å². The van der Waals surface area contributed by atoms with Gasteiger partial charge in [-0.15, -0.1) is 0 Å². The quantitative estimate of drug-likeness (QED) is 0.169. The normalized spacial score (nSPS) is 23.4. The van der Waals surface area contributed by atoms with Crippen molar-refractivity contribution in [2.24, 2.45) is 17.8 Å². The number of anilines is 3. The fourth-order valence-electron chi connectivity index (χ4n) is 13.7. The van der Waals surface area contributed by atoms with Gasteiger partial charge in [0, 0.05) is 27.8 Å². The summed E-state index contributed by atoms with van der Waals surface area (Å²) in [6, 6.07) is 58.9. The maximum absolute atomic E-state index is 2.65. The standard InChI is InChI=1S/C57H53N/c1-2-38-35-41-17-13-18-42(36-38)57(41)51-24-9-7-21-49(51)55-52(57)25-14-26-54(55)58(43-29-27-40(28-30-43)46-22-12-16-39-15-4-5-19-45(39)46)44-31-32-48-47-20-6-8-23-50(47)56(53(48)37-44)33-10-3-11-34-56/h4-9,12,14-16,19-32,37-38,41-42H,2-3,10-11,13,17-18,33-36H2,1H3. The highest BCUT2D eigenvalue weighted by Gasteiger charge is 2.58. The summed E-state index contributed by atoms with van der Waals surface area (Å²) in [5.41, 5.74) is 18.7. The molecule has 5 aliphatic rings. The van der Waals surface area contributed by atoms with Gasteiger partial charge in [0.05, 0.1) is 5.69 Å². The smallest absolute Gasteiger partial charge is 0.0543 e. The van der Waals surface area contributed by atoms with Gasteiger partial charge in [0.2, 0.25) is 0 Å². The van der Waals surface area contributed by atoms with E-state index >= 15 is 0 Å². The van der Waals surface area contributed by atoms with E-state index in [1.165, 1.54) is 132 Å². The predicted molar refractivity (Wildman–Crippen MR) is 243 cm³/mol. The van der Waals surface area contributed by atoms with Gasteiger partial charge in [0.1, 0.15) is 0 Å². The molecule has 0 aromatic heterocycles. The van der Waals surface area contributed by atoms with E-state index in [-0.39, 0.29) is 10.8 Å². The zero-order chi connectivity index (χ0) is 38.4. The molecule has 1 heteroatoms. The first-order valence-electron chi connectivity index (χ1n) is 22.5. The van der Waals surface area contributed by atoms with Crippen molar-refractivity contribution in [2.45, 2.75) is 88.4 Å². The molecule has 0 radical (unpaired) electrons. The highest BCUT2D eigenvalue weighted by molar-refractivity contribution is 5.99. The van der Waals surface area contributed by atoms with E-state index in [9.17, 15) is 0 Å². The van der Waals surface area contributed by atoms with E-state index in [1.54, 1.807) is 22.3 Å². The van der Waals surface area contributed by atoms with Crippen LogP contribution in [-0.2, 0) is 10.8 Å². The molecule has 58 heavy (non-hydrogen) atoms. The highest BCUT2D eigenvalue weighted by Crippen LogP contribution is 2.67. The summed E-state index contributed by atoms with van der Waals surface area (Å²) in [4.78, 5) is 2.65. The Morgan fingerprint density at radius 2 is 1.16 bits per heavy atom. The minimum absolute atomic E-state index is 0.0920. The molecule has 286 valence electrons. The first-order chi connectivity index (χ1) is 28.7. The molecule has 0 saturated heterocycles. The van der Waals surface area contributed by atoms with Crippen molar-refractivity contribution in [1.82, 2.24) is 0 Å². The molecule has 3 fully saturated rings. The lowest BCUT2D eigenvalue weighted by Gasteiger charge is -2.55. The lowest BCUT2D eigenvalue weighted by Crippen LogP contribution is -2.49. The van der Waals surface area contributed by atoms with Crippen molar-refractivity contribution in [2.75, 3.05) is 4.90 Å². The maximum atomic E-state index is 2.65. The Bertz CT molecular complexity index is 2690. The fourth-order valence-corrected chi connectivity index (χ4v) is 13.7. The first kappa shape index (κ1) is 34.6. The largest absolute Gasteiger partial charge is 0.310 e. The van der Waals surface area contributed by atoms with E-state index in [1.807, 2.05) is 0 Å². The van der Waals surface area contributed by atoms with Crippen LogP contribution in [0.5, 0.6) is 0 Å². The number of fused-ring (bicyclic) bond motifs is 9. The lowest BCUT2D eigenvalue weighted by molar-refractivity contribution is 0.0492. The molecule has 0 N–H and O–H groups in total. The second-order valence-electron chi connectivity index (χ2n) is 18.5. The van der Waals surface area contributed by atoms with Gasteiger partial charge in [-0.2, -0.15) is 0 Å². The van der Waals surface area contributed by atoms with Crippen LogP contribution >= 0.6 is 0 Å². The SMILES string of the molecule is CCC1CC2CCCC(C1)C21c2ccccc2-c2c(N(c3ccc(-c4cccc5ccccc45)cc3)c3ccc4c(c3)C3(CCCCC3)c3ccccc3-4)cccc21. The van der Waals surface area contributed by atoms with Crippen molar-refractivity contribution in [3.8, 4) is 33.4 Å². The van der Waals surface area contributed by atoms with Gasteiger partial charge in [0.25, 0.3) is 0 Å². The van der Waals surface area contributed by atoms with Crippen LogP contribution in [0.1, 0.15) is 99.8 Å². The summed E-state index contributed by atoms with van der Waals surface area (Å²) in [5.74, 6) is 2.24. The third-order valence-electron chi connectivity index (χ3n) is 16.0. The molecule has 12 rings (SSSR count). The fraction of sp³-hybridized carbons (Fsp3) is 0.298. The van der Waals surface area contributed by atoms with Crippen LogP contribution in [0.4, 0.5) is 17.1 Å². The van der Waals surface area contributed by atoms with Gasteiger partial charge in [0.15, 0.2) is 0 Å². The Morgan fingerprint density at radius 3 is 1.97 bits per heavy atom. The van der Waals surface area contributed by atoms with E-state index < -0.39 is 0 Å². The Labute approximate surface area is 344 Å². The Balaban J connectivity index is 1.08. The summed E-state index contributed by atoms with van der Waals surface area (Å²) >= 11 is 0. The third kappa shape index (κ3) is 4.83. The molecule has 1 nitrogen and oxygen atoms in total. The second kappa shape index (κ2) is 13.3. The predicted octanol–water partition coefficient (Wildman–Crippen LogP) is 15.7. The maximum Gasteiger partial charge on any atom is 0.0543 e. The molecule has 7 aromatic rings. The molecule has 3 saturated carbocycles. The number of rotatable bonds is 5. The molecule has 7 aromatic carbocycles. The van der Waals surface area contributed by atoms with E-state index in [0.29, 0.717) is 11.8 Å². The van der Waals surface area contributed by atoms with E-state index in [4.69, 9.17) is 0 Å². The molecule has 2 bridgehead atoms. The molecule has 0 amide bonds. The second-order valence-corrected chi connectivity index (χ2v) is 18.5. The minimum Gasteiger partial charge on any atom is -0.310 e. The molecule has 2 unspecified atom stereocenters. The van der Waals surface area contributed by atoms with Crippen molar-refractivity contribution < 1.29 is 0 Å². The van der Waals surface area contributed by atoms with Crippen LogP contribution in [0, 0.1) is 17.8 Å². The van der Waals surface area contributed by atoms with Gasteiger partial charge in [-0.3, -0.25) is 0 Å². The van der Waals surface area contributed by atoms with Gasteiger partial charge >= 0.3 is 0 Å². The summed E-state index contributed by atoms with van der Waals surface area (Å²) in [5, 5.41) is 2.59. The molecule has 2 spiro atoms. The molecular weight excluding hydrogens is 699 g/mol. The number of hydrogen-bond donors (Lipinski definition) is 0. The monoisotopic (exact) mass is 751 g/mol. The van der Waals surface area contributed by atoms with Crippen LogP contribution in [0.3, 0.4) is 0 Å².